The maximum Gasteiger partial charge on any atom is 0.410 e. The molecule has 1 aromatic rings. The fourth-order valence-corrected chi connectivity index (χ4v) is 2.55. The van der Waals surface area contributed by atoms with Crippen LogP contribution in [0.5, 0.6) is 5.88 Å². The first-order chi connectivity index (χ1) is 10.9. The summed E-state index contributed by atoms with van der Waals surface area (Å²) in [6, 6.07) is 1.87. The number of nitrogens with zero attached hydrogens (tertiary/aromatic N) is 3. The van der Waals surface area contributed by atoms with Gasteiger partial charge in [0.1, 0.15) is 11.9 Å². The van der Waals surface area contributed by atoms with Gasteiger partial charge in [-0.2, -0.15) is 0 Å². The quantitative estimate of drug-likeness (QED) is 0.853. The average molecular weight is 321 g/mol. The molecule has 1 aliphatic heterocycles. The van der Waals surface area contributed by atoms with Crippen molar-refractivity contribution in [3.63, 3.8) is 0 Å². The maximum atomic E-state index is 12.2. The summed E-state index contributed by atoms with van der Waals surface area (Å²) < 4.78 is 11.2. The Morgan fingerprint density at radius 1 is 1.39 bits per heavy atom. The molecule has 1 aliphatic rings. The molecule has 1 saturated heterocycles. The Kier molecular flexibility index (Phi) is 5.80. The van der Waals surface area contributed by atoms with Crippen LogP contribution in [0.15, 0.2) is 12.4 Å². The molecule has 0 aliphatic carbocycles. The summed E-state index contributed by atoms with van der Waals surface area (Å²) in [5.41, 5.74) is 0.506. The van der Waals surface area contributed by atoms with E-state index in [0.717, 1.165) is 31.5 Å². The van der Waals surface area contributed by atoms with Crippen LogP contribution in [0.2, 0.25) is 0 Å². The Balaban J connectivity index is 1.85. The molecule has 2 heterocycles. The number of amides is 1. The minimum absolute atomic E-state index is 0.238. The van der Waals surface area contributed by atoms with Crippen molar-refractivity contribution in [2.45, 2.75) is 52.6 Å². The molecule has 0 aromatic carbocycles. The van der Waals surface area contributed by atoms with E-state index in [1.807, 2.05) is 33.8 Å². The molecule has 6 heteroatoms. The fourth-order valence-electron chi connectivity index (χ4n) is 2.55. The molecule has 1 aromatic heterocycles. The number of rotatable bonds is 4. The summed E-state index contributed by atoms with van der Waals surface area (Å²) in [5, 5.41) is 0. The minimum atomic E-state index is -0.460. The predicted octanol–water partition coefficient (Wildman–Crippen LogP) is 3.06. The lowest BCUT2D eigenvalue weighted by Gasteiger charge is -2.33. The molecule has 6 nitrogen and oxygen atoms in total. The van der Waals surface area contributed by atoms with E-state index in [9.17, 15) is 4.79 Å². The second-order valence-corrected chi connectivity index (χ2v) is 6.95. The molecule has 1 amide bonds. The molecule has 0 N–H and O–H groups in total. The molecule has 128 valence electrons. The Labute approximate surface area is 138 Å². The van der Waals surface area contributed by atoms with Crippen LogP contribution in [0.1, 0.15) is 46.2 Å². The van der Waals surface area contributed by atoms with Crippen LogP contribution >= 0.6 is 0 Å². The van der Waals surface area contributed by atoms with Gasteiger partial charge in [-0.15, -0.1) is 0 Å². The summed E-state index contributed by atoms with van der Waals surface area (Å²) in [5.74, 6) is 0.905. The van der Waals surface area contributed by atoms with E-state index in [-0.39, 0.29) is 6.09 Å². The highest BCUT2D eigenvalue weighted by atomic mass is 16.6. The zero-order valence-electron chi connectivity index (χ0n) is 14.5. The normalized spacial score (nSPS) is 18.6. The third kappa shape index (κ3) is 5.69. The summed E-state index contributed by atoms with van der Waals surface area (Å²) in [4.78, 5) is 22.2. The minimum Gasteiger partial charge on any atom is -0.477 e. The number of carbonyl (C=O) groups is 1. The Morgan fingerprint density at radius 2 is 2.17 bits per heavy atom. The lowest BCUT2D eigenvalue weighted by Crippen LogP contribution is -2.44. The van der Waals surface area contributed by atoms with Gasteiger partial charge < -0.3 is 14.4 Å². The first kappa shape index (κ1) is 17.5. The Hall–Kier alpha value is -1.85. The van der Waals surface area contributed by atoms with E-state index in [0.29, 0.717) is 24.9 Å². The summed E-state index contributed by atoms with van der Waals surface area (Å²) in [7, 11) is 0. The average Bonchev–Trinajstić information content (AvgIpc) is 2.52. The van der Waals surface area contributed by atoms with Crippen molar-refractivity contribution in [3.05, 3.63) is 18.1 Å². The van der Waals surface area contributed by atoms with Gasteiger partial charge in [-0.1, -0.05) is 6.92 Å². The van der Waals surface area contributed by atoms with Gasteiger partial charge in [-0.05, 0) is 40.0 Å². The summed E-state index contributed by atoms with van der Waals surface area (Å²) in [6.07, 6.45) is 4.16. The van der Waals surface area contributed by atoms with Crippen molar-refractivity contribution in [2.24, 2.45) is 5.92 Å². The number of likely N-dealkylation sites (tertiary alicyclic amines) is 1. The molecule has 0 bridgehead atoms. The highest BCUT2D eigenvalue weighted by molar-refractivity contribution is 5.68. The standard InChI is InChI=1S/C17H27N3O3/c1-5-14-9-15(19-12-18-14)22-11-13-7-6-8-20(10-13)16(21)23-17(2,3)4/h9,12-13H,5-8,10-11H2,1-4H3/t13-/m0/s1. The van der Waals surface area contributed by atoms with Crippen LogP contribution in [0.4, 0.5) is 4.79 Å². The van der Waals surface area contributed by atoms with Crippen LogP contribution in [0.25, 0.3) is 0 Å². The molecule has 0 saturated carbocycles. The summed E-state index contributed by atoms with van der Waals surface area (Å²) in [6.45, 7) is 9.67. The third-order valence-corrected chi connectivity index (χ3v) is 3.70. The number of aryl methyl sites for hydroxylation is 1. The van der Waals surface area contributed by atoms with Crippen molar-refractivity contribution in [2.75, 3.05) is 19.7 Å². The van der Waals surface area contributed by atoms with E-state index in [1.54, 1.807) is 4.90 Å². The zero-order valence-corrected chi connectivity index (χ0v) is 14.5. The second-order valence-electron chi connectivity index (χ2n) is 6.95. The predicted molar refractivity (Wildman–Crippen MR) is 87.4 cm³/mol. The number of hydrogen-bond acceptors (Lipinski definition) is 5. The molecule has 0 radical (unpaired) electrons. The van der Waals surface area contributed by atoms with Gasteiger partial charge in [-0.3, -0.25) is 0 Å². The molecule has 0 unspecified atom stereocenters. The highest BCUT2D eigenvalue weighted by Crippen LogP contribution is 2.20. The van der Waals surface area contributed by atoms with E-state index < -0.39 is 5.60 Å². The van der Waals surface area contributed by atoms with Crippen LogP contribution in [-0.2, 0) is 11.2 Å². The van der Waals surface area contributed by atoms with Crippen LogP contribution in [-0.4, -0.2) is 46.3 Å². The molecular weight excluding hydrogens is 294 g/mol. The van der Waals surface area contributed by atoms with E-state index in [4.69, 9.17) is 9.47 Å². The number of ether oxygens (including phenoxy) is 2. The van der Waals surface area contributed by atoms with E-state index >= 15 is 0 Å². The fraction of sp³-hybridized carbons (Fsp3) is 0.706. The van der Waals surface area contributed by atoms with Crippen LogP contribution in [0, 0.1) is 5.92 Å². The maximum absolute atomic E-state index is 12.2. The number of aromatic nitrogens is 2. The molecule has 1 atom stereocenters. The van der Waals surface area contributed by atoms with Crippen LogP contribution in [0.3, 0.4) is 0 Å². The molecule has 1 fully saturated rings. The third-order valence-electron chi connectivity index (χ3n) is 3.70. The van der Waals surface area contributed by atoms with Gasteiger partial charge in [0, 0.05) is 30.8 Å². The summed E-state index contributed by atoms with van der Waals surface area (Å²) >= 11 is 0. The monoisotopic (exact) mass is 321 g/mol. The molecule has 23 heavy (non-hydrogen) atoms. The lowest BCUT2D eigenvalue weighted by molar-refractivity contribution is 0.0138. The van der Waals surface area contributed by atoms with Gasteiger partial charge >= 0.3 is 6.09 Å². The van der Waals surface area contributed by atoms with Crippen molar-refractivity contribution >= 4 is 6.09 Å². The number of piperidine rings is 1. The molecule has 2 rings (SSSR count). The van der Waals surface area contributed by atoms with Crippen molar-refractivity contribution < 1.29 is 14.3 Å². The highest BCUT2D eigenvalue weighted by Gasteiger charge is 2.27. The topological polar surface area (TPSA) is 64.5 Å². The van der Waals surface area contributed by atoms with Crippen molar-refractivity contribution in [1.29, 1.82) is 0 Å². The zero-order chi connectivity index (χ0) is 16.9. The lowest BCUT2D eigenvalue weighted by atomic mass is 9.99. The van der Waals surface area contributed by atoms with Crippen LogP contribution < -0.4 is 4.74 Å². The number of carbonyl (C=O) groups excluding carboxylic acids is 1. The van der Waals surface area contributed by atoms with Gasteiger partial charge in [0.2, 0.25) is 5.88 Å². The van der Waals surface area contributed by atoms with Gasteiger partial charge in [0.25, 0.3) is 0 Å². The molecular formula is C17H27N3O3. The first-order valence-corrected chi connectivity index (χ1v) is 8.29. The SMILES string of the molecule is CCc1cc(OC[C@H]2CCCN(C(=O)OC(C)(C)C)C2)ncn1. The largest absolute Gasteiger partial charge is 0.477 e. The second kappa shape index (κ2) is 7.62. The van der Waals surface area contributed by atoms with E-state index in [1.165, 1.54) is 6.33 Å². The number of hydrogen-bond donors (Lipinski definition) is 0. The van der Waals surface area contributed by atoms with Gasteiger partial charge in [0.15, 0.2) is 0 Å². The Bertz CT molecular complexity index is 528. The first-order valence-electron chi connectivity index (χ1n) is 8.29. The van der Waals surface area contributed by atoms with Gasteiger partial charge in [-0.25, -0.2) is 14.8 Å². The van der Waals surface area contributed by atoms with Crippen molar-refractivity contribution in [1.82, 2.24) is 14.9 Å². The molecule has 0 spiro atoms. The van der Waals surface area contributed by atoms with E-state index in [2.05, 4.69) is 9.97 Å². The van der Waals surface area contributed by atoms with Gasteiger partial charge in [0.05, 0.1) is 6.61 Å². The Morgan fingerprint density at radius 3 is 2.87 bits per heavy atom. The van der Waals surface area contributed by atoms with Crippen molar-refractivity contribution in [3.8, 4) is 5.88 Å². The smallest absolute Gasteiger partial charge is 0.410 e.